The first-order chi connectivity index (χ1) is 8.04. The summed E-state index contributed by atoms with van der Waals surface area (Å²) in [5.41, 5.74) is 0. The van der Waals surface area contributed by atoms with Crippen LogP contribution in [0.5, 0.6) is 0 Å². The molecule has 0 heterocycles. The quantitative estimate of drug-likeness (QED) is 0.600. The minimum absolute atomic E-state index is 0.270. The van der Waals surface area contributed by atoms with Gasteiger partial charge < -0.3 is 4.74 Å². The van der Waals surface area contributed by atoms with E-state index in [1.54, 1.807) is 13.8 Å². The van der Waals surface area contributed by atoms with Crippen LogP contribution in [0.15, 0.2) is 23.1 Å². The maximum absolute atomic E-state index is 12.9. The molecule has 0 aliphatic carbocycles. The van der Waals surface area contributed by atoms with Gasteiger partial charge in [-0.2, -0.15) is 0 Å². The summed E-state index contributed by atoms with van der Waals surface area (Å²) in [6, 6.07) is 3.69. The van der Waals surface area contributed by atoms with Gasteiger partial charge in [-0.25, -0.2) is 8.78 Å². The van der Waals surface area contributed by atoms with Gasteiger partial charge in [-0.15, -0.1) is 11.8 Å². The Labute approximate surface area is 103 Å². The number of carbonyl (C=O) groups excluding carboxylic acids is 1. The first-order valence-electron chi connectivity index (χ1n) is 5.29. The Morgan fingerprint density at radius 1 is 1.41 bits per heavy atom. The number of halogens is 2. The van der Waals surface area contributed by atoms with E-state index in [0.717, 1.165) is 12.1 Å². The number of carbonyl (C=O) groups is 1. The predicted octanol–water partition coefficient (Wildman–Crippen LogP) is 3.26. The van der Waals surface area contributed by atoms with E-state index < -0.39 is 11.6 Å². The molecule has 1 unspecified atom stereocenters. The molecule has 0 aliphatic heterocycles. The van der Waals surface area contributed by atoms with Crippen LogP contribution in [-0.2, 0) is 9.53 Å². The van der Waals surface area contributed by atoms with Crippen LogP contribution in [0.4, 0.5) is 8.78 Å². The van der Waals surface area contributed by atoms with Gasteiger partial charge >= 0.3 is 5.97 Å². The van der Waals surface area contributed by atoms with Gasteiger partial charge in [0, 0.05) is 10.6 Å². The van der Waals surface area contributed by atoms with Crippen LogP contribution in [-0.4, -0.2) is 18.3 Å². The largest absolute Gasteiger partial charge is 0.466 e. The third-order valence-corrected chi connectivity index (χ3v) is 3.33. The molecular weight excluding hydrogens is 246 g/mol. The van der Waals surface area contributed by atoms with Gasteiger partial charge in [0.15, 0.2) is 11.6 Å². The van der Waals surface area contributed by atoms with Gasteiger partial charge in [0.2, 0.25) is 0 Å². The Kier molecular flexibility index (Phi) is 5.41. The van der Waals surface area contributed by atoms with Crippen molar-refractivity contribution in [3.63, 3.8) is 0 Å². The van der Waals surface area contributed by atoms with Crippen molar-refractivity contribution in [1.82, 2.24) is 0 Å². The maximum Gasteiger partial charge on any atom is 0.309 e. The summed E-state index contributed by atoms with van der Waals surface area (Å²) in [6.07, 6.45) is 0. The lowest BCUT2D eigenvalue weighted by atomic mass is 10.2. The first-order valence-corrected chi connectivity index (χ1v) is 6.27. The molecule has 0 radical (unpaired) electrons. The molecule has 0 spiro atoms. The lowest BCUT2D eigenvalue weighted by Gasteiger charge is -2.09. The van der Waals surface area contributed by atoms with Crippen LogP contribution >= 0.6 is 11.8 Å². The van der Waals surface area contributed by atoms with Gasteiger partial charge in [0.05, 0.1) is 12.5 Å². The number of rotatable bonds is 5. The van der Waals surface area contributed by atoms with E-state index in [0.29, 0.717) is 17.3 Å². The Morgan fingerprint density at radius 2 is 2.12 bits per heavy atom. The summed E-state index contributed by atoms with van der Waals surface area (Å²) in [7, 11) is 0. The number of benzene rings is 1. The summed E-state index contributed by atoms with van der Waals surface area (Å²) in [5, 5.41) is 0. The zero-order valence-electron chi connectivity index (χ0n) is 9.70. The average molecular weight is 260 g/mol. The highest BCUT2D eigenvalue weighted by molar-refractivity contribution is 7.99. The van der Waals surface area contributed by atoms with E-state index in [9.17, 15) is 13.6 Å². The standard InChI is InChI=1S/C12H14F2O2S/c1-3-16-12(15)8(2)7-17-9-4-5-10(13)11(14)6-9/h4-6,8H,3,7H2,1-2H3. The van der Waals surface area contributed by atoms with E-state index in [1.165, 1.54) is 17.8 Å². The molecule has 0 amide bonds. The summed E-state index contributed by atoms with van der Waals surface area (Å²) in [4.78, 5) is 11.9. The molecular formula is C12H14F2O2S. The average Bonchev–Trinajstić information content (AvgIpc) is 2.30. The predicted molar refractivity (Wildman–Crippen MR) is 62.9 cm³/mol. The van der Waals surface area contributed by atoms with Crippen molar-refractivity contribution in [3.05, 3.63) is 29.8 Å². The lowest BCUT2D eigenvalue weighted by Crippen LogP contribution is -2.16. The third kappa shape index (κ3) is 4.34. The highest BCUT2D eigenvalue weighted by Crippen LogP contribution is 2.23. The minimum atomic E-state index is -0.876. The molecule has 0 aromatic heterocycles. The fourth-order valence-corrected chi connectivity index (χ4v) is 2.07. The van der Waals surface area contributed by atoms with Gasteiger partial charge in [-0.05, 0) is 25.1 Å². The second-order valence-electron chi connectivity index (χ2n) is 3.54. The molecule has 1 aromatic carbocycles. The molecule has 0 aliphatic rings. The SMILES string of the molecule is CCOC(=O)C(C)CSc1ccc(F)c(F)c1. The minimum Gasteiger partial charge on any atom is -0.466 e. The van der Waals surface area contributed by atoms with E-state index in [2.05, 4.69) is 0 Å². The van der Waals surface area contributed by atoms with Crippen molar-refractivity contribution in [2.75, 3.05) is 12.4 Å². The summed E-state index contributed by atoms with van der Waals surface area (Å²) >= 11 is 1.30. The van der Waals surface area contributed by atoms with Crippen LogP contribution in [0.3, 0.4) is 0 Å². The maximum atomic E-state index is 12.9. The smallest absolute Gasteiger partial charge is 0.309 e. The molecule has 1 rings (SSSR count). The Balaban J connectivity index is 2.50. The van der Waals surface area contributed by atoms with Crippen LogP contribution in [0.2, 0.25) is 0 Å². The molecule has 1 atom stereocenters. The van der Waals surface area contributed by atoms with Crippen molar-refractivity contribution >= 4 is 17.7 Å². The highest BCUT2D eigenvalue weighted by atomic mass is 32.2. The summed E-state index contributed by atoms with van der Waals surface area (Å²) in [6.45, 7) is 3.83. The lowest BCUT2D eigenvalue weighted by molar-refractivity contribution is -0.146. The van der Waals surface area contributed by atoms with Gasteiger partial charge in [-0.1, -0.05) is 6.92 Å². The Bertz CT molecular complexity index is 396. The summed E-state index contributed by atoms with van der Waals surface area (Å²) < 4.78 is 30.4. The van der Waals surface area contributed by atoms with E-state index in [-0.39, 0.29) is 11.9 Å². The van der Waals surface area contributed by atoms with Crippen molar-refractivity contribution in [1.29, 1.82) is 0 Å². The topological polar surface area (TPSA) is 26.3 Å². The van der Waals surface area contributed by atoms with Crippen LogP contribution in [0.25, 0.3) is 0 Å². The van der Waals surface area contributed by atoms with Crippen LogP contribution in [0, 0.1) is 17.6 Å². The Hall–Kier alpha value is -1.10. The molecule has 5 heteroatoms. The fraction of sp³-hybridized carbons (Fsp3) is 0.417. The third-order valence-electron chi connectivity index (χ3n) is 2.08. The van der Waals surface area contributed by atoms with Crippen molar-refractivity contribution in [2.45, 2.75) is 18.7 Å². The second kappa shape index (κ2) is 6.59. The molecule has 1 aromatic rings. The van der Waals surface area contributed by atoms with Gasteiger partial charge in [-0.3, -0.25) is 4.79 Å². The molecule has 0 N–H and O–H groups in total. The van der Waals surface area contributed by atoms with E-state index in [1.807, 2.05) is 0 Å². The number of thioether (sulfide) groups is 1. The van der Waals surface area contributed by atoms with Crippen LogP contribution < -0.4 is 0 Å². The molecule has 17 heavy (non-hydrogen) atoms. The molecule has 0 saturated carbocycles. The first kappa shape index (κ1) is 14.0. The molecule has 0 bridgehead atoms. The Morgan fingerprint density at radius 3 is 2.71 bits per heavy atom. The number of hydrogen-bond acceptors (Lipinski definition) is 3. The fourth-order valence-electron chi connectivity index (χ4n) is 1.14. The summed E-state index contributed by atoms with van der Waals surface area (Å²) in [5.74, 6) is -1.81. The van der Waals surface area contributed by atoms with Gasteiger partial charge in [0.25, 0.3) is 0 Å². The second-order valence-corrected chi connectivity index (χ2v) is 4.63. The number of ether oxygens (including phenoxy) is 1. The van der Waals surface area contributed by atoms with Crippen molar-refractivity contribution in [3.8, 4) is 0 Å². The van der Waals surface area contributed by atoms with Crippen LogP contribution in [0.1, 0.15) is 13.8 Å². The van der Waals surface area contributed by atoms with Crippen molar-refractivity contribution < 1.29 is 18.3 Å². The monoisotopic (exact) mass is 260 g/mol. The zero-order valence-corrected chi connectivity index (χ0v) is 10.5. The van der Waals surface area contributed by atoms with E-state index in [4.69, 9.17) is 4.74 Å². The molecule has 94 valence electrons. The van der Waals surface area contributed by atoms with E-state index >= 15 is 0 Å². The van der Waals surface area contributed by atoms with Crippen molar-refractivity contribution in [2.24, 2.45) is 5.92 Å². The normalized spacial score (nSPS) is 12.2. The molecule has 0 fully saturated rings. The number of hydrogen-bond donors (Lipinski definition) is 0. The number of esters is 1. The molecule has 0 saturated heterocycles. The zero-order chi connectivity index (χ0) is 12.8. The van der Waals surface area contributed by atoms with Gasteiger partial charge in [0.1, 0.15) is 0 Å². The molecule has 2 nitrogen and oxygen atoms in total. The highest BCUT2D eigenvalue weighted by Gasteiger charge is 2.14.